The van der Waals surface area contributed by atoms with Crippen LogP contribution in [0.4, 0.5) is 0 Å². The number of hydrogen-bond acceptors (Lipinski definition) is 2. The van der Waals surface area contributed by atoms with Crippen LogP contribution in [0.15, 0.2) is 30.3 Å². The van der Waals surface area contributed by atoms with Crippen LogP contribution < -0.4 is 0 Å². The Balaban J connectivity index is 2.31. The van der Waals surface area contributed by atoms with Crippen molar-refractivity contribution in [3.8, 4) is 6.07 Å². The molecule has 0 amide bonds. The third kappa shape index (κ3) is 1.88. The lowest BCUT2D eigenvalue weighted by Crippen LogP contribution is -2.37. The molecule has 1 aliphatic carbocycles. The van der Waals surface area contributed by atoms with Gasteiger partial charge in [-0.05, 0) is 24.8 Å². The quantitative estimate of drug-likeness (QED) is 0.710. The lowest BCUT2D eigenvalue weighted by molar-refractivity contribution is 0.0361. The van der Waals surface area contributed by atoms with Crippen molar-refractivity contribution in [3.05, 3.63) is 35.9 Å². The zero-order chi connectivity index (χ0) is 10.7. The molecule has 0 heterocycles. The van der Waals surface area contributed by atoms with E-state index in [0.717, 1.165) is 24.8 Å². The molecule has 0 aliphatic heterocycles. The fourth-order valence-corrected chi connectivity index (χ4v) is 2.42. The van der Waals surface area contributed by atoms with Crippen LogP contribution in [0.1, 0.15) is 37.2 Å². The van der Waals surface area contributed by atoms with Gasteiger partial charge in [-0.1, -0.05) is 36.8 Å². The number of benzene rings is 1. The van der Waals surface area contributed by atoms with Gasteiger partial charge in [0.1, 0.15) is 0 Å². The normalized spacial score (nSPS) is 30.8. The fraction of sp³-hybridized carbons (Fsp3) is 0.462. The number of aliphatic hydroxyl groups is 1. The zero-order valence-corrected chi connectivity index (χ0v) is 8.69. The van der Waals surface area contributed by atoms with E-state index in [2.05, 4.69) is 6.07 Å². The molecular formula is C13H15NO. The van der Waals surface area contributed by atoms with Gasteiger partial charge < -0.3 is 5.11 Å². The first-order valence-corrected chi connectivity index (χ1v) is 5.45. The Bertz CT molecular complexity index is 368. The van der Waals surface area contributed by atoms with Crippen LogP contribution in [0.25, 0.3) is 0 Å². The summed E-state index contributed by atoms with van der Waals surface area (Å²) in [6.45, 7) is 0. The Kier molecular flexibility index (Phi) is 2.75. The molecule has 0 unspecified atom stereocenters. The first kappa shape index (κ1) is 10.2. The number of nitriles is 1. The van der Waals surface area contributed by atoms with Crippen molar-refractivity contribution in [1.82, 2.24) is 0 Å². The van der Waals surface area contributed by atoms with Crippen molar-refractivity contribution in [2.75, 3.05) is 0 Å². The van der Waals surface area contributed by atoms with Crippen molar-refractivity contribution >= 4 is 0 Å². The third-order valence-electron chi connectivity index (χ3n) is 3.27. The van der Waals surface area contributed by atoms with Crippen LogP contribution in [-0.4, -0.2) is 10.7 Å². The van der Waals surface area contributed by atoms with E-state index in [0.29, 0.717) is 6.42 Å². The van der Waals surface area contributed by atoms with E-state index in [1.807, 2.05) is 30.3 Å². The molecule has 2 nitrogen and oxygen atoms in total. The minimum absolute atomic E-state index is 0.0163. The van der Waals surface area contributed by atoms with Gasteiger partial charge in [-0.25, -0.2) is 0 Å². The first-order valence-electron chi connectivity index (χ1n) is 5.45. The predicted octanol–water partition coefficient (Wildman–Crippen LogP) is 2.60. The smallest absolute Gasteiger partial charge is 0.157 e. The molecule has 1 aromatic rings. The Labute approximate surface area is 90.2 Å². The van der Waals surface area contributed by atoms with Gasteiger partial charge in [0, 0.05) is 5.92 Å². The fourth-order valence-electron chi connectivity index (χ4n) is 2.42. The highest BCUT2D eigenvalue weighted by Crippen LogP contribution is 2.40. The van der Waals surface area contributed by atoms with Gasteiger partial charge in [0.05, 0.1) is 6.07 Å². The summed E-state index contributed by atoms with van der Waals surface area (Å²) in [5, 5.41) is 19.3. The largest absolute Gasteiger partial charge is 0.375 e. The van der Waals surface area contributed by atoms with Gasteiger partial charge >= 0.3 is 0 Å². The molecule has 1 N–H and O–H groups in total. The van der Waals surface area contributed by atoms with Gasteiger partial charge in [-0.3, -0.25) is 0 Å². The number of hydrogen-bond donors (Lipinski definition) is 1. The van der Waals surface area contributed by atoms with Gasteiger partial charge in [0.15, 0.2) is 5.60 Å². The maximum Gasteiger partial charge on any atom is 0.157 e. The highest BCUT2D eigenvalue weighted by Gasteiger charge is 2.39. The van der Waals surface area contributed by atoms with E-state index in [9.17, 15) is 5.11 Å². The summed E-state index contributed by atoms with van der Waals surface area (Å²) >= 11 is 0. The summed E-state index contributed by atoms with van der Waals surface area (Å²) in [4.78, 5) is 0. The van der Waals surface area contributed by atoms with E-state index in [-0.39, 0.29) is 5.92 Å². The highest BCUT2D eigenvalue weighted by atomic mass is 16.3. The predicted molar refractivity (Wildman–Crippen MR) is 58.2 cm³/mol. The second-order valence-corrected chi connectivity index (χ2v) is 4.25. The van der Waals surface area contributed by atoms with E-state index < -0.39 is 5.60 Å². The van der Waals surface area contributed by atoms with Crippen molar-refractivity contribution in [1.29, 1.82) is 5.26 Å². The van der Waals surface area contributed by atoms with Crippen molar-refractivity contribution in [2.45, 2.75) is 37.2 Å². The van der Waals surface area contributed by atoms with Crippen molar-refractivity contribution in [3.63, 3.8) is 0 Å². The number of rotatable bonds is 1. The van der Waals surface area contributed by atoms with Crippen LogP contribution >= 0.6 is 0 Å². The molecule has 2 rings (SSSR count). The highest BCUT2D eigenvalue weighted by molar-refractivity contribution is 5.27. The summed E-state index contributed by atoms with van der Waals surface area (Å²) in [7, 11) is 0. The lowest BCUT2D eigenvalue weighted by Gasteiger charge is -2.34. The van der Waals surface area contributed by atoms with Gasteiger partial charge in [0.2, 0.25) is 0 Å². The SMILES string of the molecule is N#C[C@]1(O)CCCC[C@@H]1c1ccccc1. The minimum Gasteiger partial charge on any atom is -0.375 e. The molecule has 1 fully saturated rings. The number of nitrogens with zero attached hydrogens (tertiary/aromatic N) is 1. The van der Waals surface area contributed by atoms with E-state index in [1.165, 1.54) is 0 Å². The van der Waals surface area contributed by atoms with Gasteiger partial charge in [0.25, 0.3) is 0 Å². The monoisotopic (exact) mass is 201 g/mol. The first-order chi connectivity index (χ1) is 7.26. The summed E-state index contributed by atoms with van der Waals surface area (Å²) in [6.07, 6.45) is 3.56. The van der Waals surface area contributed by atoms with Crippen molar-refractivity contribution < 1.29 is 5.11 Å². The summed E-state index contributed by atoms with van der Waals surface area (Å²) in [5.41, 5.74) is -0.0687. The molecule has 15 heavy (non-hydrogen) atoms. The Morgan fingerprint density at radius 3 is 2.67 bits per heavy atom. The zero-order valence-electron chi connectivity index (χ0n) is 8.69. The molecule has 1 aromatic carbocycles. The molecule has 0 aromatic heterocycles. The van der Waals surface area contributed by atoms with E-state index in [4.69, 9.17) is 5.26 Å². The second kappa shape index (κ2) is 4.04. The van der Waals surface area contributed by atoms with Gasteiger partial charge in [-0.15, -0.1) is 0 Å². The standard InChI is InChI=1S/C13H15NO/c14-10-13(15)9-5-4-8-12(13)11-6-2-1-3-7-11/h1-3,6-7,12,15H,4-5,8-9H2/t12-,13-/m1/s1. The van der Waals surface area contributed by atoms with Crippen LogP contribution in [0.5, 0.6) is 0 Å². The lowest BCUT2D eigenvalue weighted by atomic mass is 9.73. The molecule has 1 aliphatic rings. The average Bonchev–Trinajstić information content (AvgIpc) is 2.31. The summed E-state index contributed by atoms with van der Waals surface area (Å²) < 4.78 is 0. The minimum atomic E-state index is -1.15. The van der Waals surface area contributed by atoms with Crippen LogP contribution in [0.3, 0.4) is 0 Å². The van der Waals surface area contributed by atoms with Crippen LogP contribution in [-0.2, 0) is 0 Å². The summed E-state index contributed by atoms with van der Waals surface area (Å²) in [6, 6.07) is 12.0. The third-order valence-corrected chi connectivity index (χ3v) is 3.27. The average molecular weight is 201 g/mol. The molecule has 1 saturated carbocycles. The molecule has 0 spiro atoms. The summed E-state index contributed by atoms with van der Waals surface area (Å²) in [5.74, 6) is -0.0163. The second-order valence-electron chi connectivity index (χ2n) is 4.25. The van der Waals surface area contributed by atoms with Crippen LogP contribution in [0.2, 0.25) is 0 Å². The Morgan fingerprint density at radius 1 is 1.27 bits per heavy atom. The molecule has 0 bridgehead atoms. The van der Waals surface area contributed by atoms with Gasteiger partial charge in [-0.2, -0.15) is 5.26 Å². The van der Waals surface area contributed by atoms with Crippen molar-refractivity contribution in [2.24, 2.45) is 0 Å². The molecule has 2 atom stereocenters. The molecule has 0 saturated heterocycles. The Hall–Kier alpha value is -1.33. The molecule has 78 valence electrons. The molecule has 2 heteroatoms. The topological polar surface area (TPSA) is 44.0 Å². The molecule has 0 radical (unpaired) electrons. The molecular weight excluding hydrogens is 186 g/mol. The maximum absolute atomic E-state index is 10.2. The van der Waals surface area contributed by atoms with E-state index >= 15 is 0 Å². The maximum atomic E-state index is 10.2. The van der Waals surface area contributed by atoms with Crippen LogP contribution in [0, 0.1) is 11.3 Å². The Morgan fingerprint density at radius 2 is 2.00 bits per heavy atom. The van der Waals surface area contributed by atoms with E-state index in [1.54, 1.807) is 0 Å².